The lowest BCUT2D eigenvalue weighted by Crippen LogP contribution is -2.38. The van der Waals surface area contributed by atoms with E-state index in [4.69, 9.17) is 9.47 Å². The fourth-order valence-corrected chi connectivity index (χ4v) is 2.84. The molecule has 0 radical (unpaired) electrons. The zero-order chi connectivity index (χ0) is 16.4. The minimum absolute atomic E-state index is 0.344. The van der Waals surface area contributed by atoms with Gasteiger partial charge in [-0.25, -0.2) is 4.79 Å². The van der Waals surface area contributed by atoms with Crippen LogP contribution in [0.15, 0.2) is 46.9 Å². The maximum absolute atomic E-state index is 12.4. The van der Waals surface area contributed by atoms with E-state index >= 15 is 0 Å². The molecule has 1 atom stereocenters. The van der Waals surface area contributed by atoms with Crippen LogP contribution >= 0.6 is 15.9 Å². The van der Waals surface area contributed by atoms with E-state index in [1.807, 2.05) is 6.07 Å². The second kappa shape index (κ2) is 6.42. The Labute approximate surface area is 141 Å². The van der Waals surface area contributed by atoms with Crippen LogP contribution in [-0.2, 0) is 16.0 Å². The summed E-state index contributed by atoms with van der Waals surface area (Å²) >= 11 is 3.37. The van der Waals surface area contributed by atoms with Gasteiger partial charge in [-0.2, -0.15) is 0 Å². The molecule has 0 bridgehead atoms. The lowest BCUT2D eigenvalue weighted by atomic mass is 9.98. The average Bonchev–Trinajstić information content (AvgIpc) is 2.54. The molecule has 0 saturated heterocycles. The van der Waals surface area contributed by atoms with Crippen LogP contribution in [0.3, 0.4) is 0 Å². The van der Waals surface area contributed by atoms with Crippen molar-refractivity contribution in [1.29, 1.82) is 0 Å². The summed E-state index contributed by atoms with van der Waals surface area (Å²) in [5.74, 6) is -0.209. The standard InChI is InChI=1S/C17H14BrNO4/c1-22-13-4-2-3-12(9-13)19-16(20)15-8-10-7-11(18)5-6-14(10)17(21)23-15/h2-7,9,15H,8H2,1H3,(H,19,20). The Kier molecular flexibility index (Phi) is 4.34. The summed E-state index contributed by atoms with van der Waals surface area (Å²) in [7, 11) is 1.55. The summed E-state index contributed by atoms with van der Waals surface area (Å²) in [6.07, 6.45) is -0.508. The summed E-state index contributed by atoms with van der Waals surface area (Å²) in [6, 6.07) is 12.3. The largest absolute Gasteiger partial charge is 0.497 e. The van der Waals surface area contributed by atoms with Crippen LogP contribution in [0.4, 0.5) is 5.69 Å². The van der Waals surface area contributed by atoms with Crippen molar-refractivity contribution in [3.63, 3.8) is 0 Å². The first-order valence-electron chi connectivity index (χ1n) is 7.01. The summed E-state index contributed by atoms with van der Waals surface area (Å²) < 4.78 is 11.2. The summed E-state index contributed by atoms with van der Waals surface area (Å²) in [5.41, 5.74) is 1.88. The molecule has 1 unspecified atom stereocenters. The smallest absolute Gasteiger partial charge is 0.339 e. The van der Waals surface area contributed by atoms with Crippen molar-refractivity contribution >= 4 is 33.5 Å². The van der Waals surface area contributed by atoms with Crippen LogP contribution < -0.4 is 10.1 Å². The third kappa shape index (κ3) is 3.37. The number of carbonyl (C=O) groups is 2. The number of amides is 1. The number of ether oxygens (including phenoxy) is 2. The maximum atomic E-state index is 12.4. The zero-order valence-corrected chi connectivity index (χ0v) is 13.9. The molecule has 6 heteroatoms. The average molecular weight is 376 g/mol. The van der Waals surface area contributed by atoms with Gasteiger partial charge in [-0.05, 0) is 35.9 Å². The van der Waals surface area contributed by atoms with Gasteiger partial charge in [-0.1, -0.05) is 22.0 Å². The molecule has 2 aromatic carbocycles. The lowest BCUT2D eigenvalue weighted by molar-refractivity contribution is -0.125. The van der Waals surface area contributed by atoms with E-state index in [1.54, 1.807) is 43.5 Å². The number of carbonyl (C=O) groups excluding carboxylic acids is 2. The van der Waals surface area contributed by atoms with E-state index in [-0.39, 0.29) is 5.91 Å². The quantitative estimate of drug-likeness (QED) is 0.836. The molecule has 0 fully saturated rings. The second-order valence-electron chi connectivity index (χ2n) is 5.12. The van der Waals surface area contributed by atoms with E-state index < -0.39 is 12.1 Å². The van der Waals surface area contributed by atoms with Gasteiger partial charge in [-0.3, -0.25) is 4.79 Å². The second-order valence-corrected chi connectivity index (χ2v) is 6.04. The van der Waals surface area contributed by atoms with Crippen LogP contribution in [0.5, 0.6) is 5.75 Å². The van der Waals surface area contributed by atoms with Crippen LogP contribution in [0.25, 0.3) is 0 Å². The molecule has 1 aliphatic rings. The van der Waals surface area contributed by atoms with Crippen molar-refractivity contribution < 1.29 is 19.1 Å². The predicted octanol–water partition coefficient (Wildman–Crippen LogP) is 3.18. The highest BCUT2D eigenvalue weighted by molar-refractivity contribution is 9.10. The van der Waals surface area contributed by atoms with E-state index in [1.165, 1.54) is 0 Å². The Bertz CT molecular complexity index is 775. The molecule has 5 nitrogen and oxygen atoms in total. The number of hydrogen-bond acceptors (Lipinski definition) is 4. The zero-order valence-electron chi connectivity index (χ0n) is 12.3. The van der Waals surface area contributed by atoms with Gasteiger partial charge in [-0.15, -0.1) is 0 Å². The van der Waals surface area contributed by atoms with E-state index in [0.717, 1.165) is 10.0 Å². The van der Waals surface area contributed by atoms with Crippen LogP contribution in [0.1, 0.15) is 15.9 Å². The minimum Gasteiger partial charge on any atom is -0.497 e. The number of esters is 1. The molecule has 23 heavy (non-hydrogen) atoms. The molecule has 0 aliphatic carbocycles. The molecular weight excluding hydrogens is 362 g/mol. The van der Waals surface area contributed by atoms with E-state index in [2.05, 4.69) is 21.2 Å². The van der Waals surface area contributed by atoms with Crippen molar-refractivity contribution in [3.05, 3.63) is 58.1 Å². The Balaban J connectivity index is 1.77. The SMILES string of the molecule is COc1cccc(NC(=O)C2Cc3cc(Br)ccc3C(=O)O2)c1. The fraction of sp³-hybridized carbons (Fsp3) is 0.176. The van der Waals surface area contributed by atoms with Gasteiger partial charge >= 0.3 is 5.97 Å². The van der Waals surface area contributed by atoms with Gasteiger partial charge in [0, 0.05) is 22.6 Å². The third-order valence-corrected chi connectivity index (χ3v) is 4.06. The Morgan fingerprint density at radius 2 is 2.13 bits per heavy atom. The number of hydrogen-bond donors (Lipinski definition) is 1. The third-order valence-electron chi connectivity index (χ3n) is 3.57. The number of cyclic esters (lactones) is 1. The molecule has 1 aliphatic heterocycles. The van der Waals surface area contributed by atoms with Crippen LogP contribution in [0.2, 0.25) is 0 Å². The topological polar surface area (TPSA) is 64.6 Å². The van der Waals surface area contributed by atoms with Gasteiger partial charge in [0.2, 0.25) is 0 Å². The first-order valence-corrected chi connectivity index (χ1v) is 7.80. The number of nitrogens with one attached hydrogen (secondary N) is 1. The van der Waals surface area contributed by atoms with Crippen molar-refractivity contribution in [2.24, 2.45) is 0 Å². The van der Waals surface area contributed by atoms with Gasteiger partial charge in [0.25, 0.3) is 5.91 Å². The predicted molar refractivity (Wildman–Crippen MR) is 88.7 cm³/mol. The van der Waals surface area contributed by atoms with Crippen molar-refractivity contribution in [2.45, 2.75) is 12.5 Å². The summed E-state index contributed by atoms with van der Waals surface area (Å²) in [6.45, 7) is 0. The Morgan fingerprint density at radius 3 is 2.91 bits per heavy atom. The molecule has 2 aromatic rings. The van der Waals surface area contributed by atoms with E-state index in [0.29, 0.717) is 23.4 Å². The molecule has 0 spiro atoms. The molecule has 1 heterocycles. The first-order chi connectivity index (χ1) is 11.1. The number of fused-ring (bicyclic) bond motifs is 1. The molecule has 118 valence electrons. The molecule has 0 aromatic heterocycles. The first kappa shape index (κ1) is 15.6. The number of rotatable bonds is 3. The molecule has 1 amide bonds. The number of benzene rings is 2. The highest BCUT2D eigenvalue weighted by Gasteiger charge is 2.31. The lowest BCUT2D eigenvalue weighted by Gasteiger charge is -2.24. The molecular formula is C17H14BrNO4. The monoisotopic (exact) mass is 375 g/mol. The maximum Gasteiger partial charge on any atom is 0.339 e. The highest BCUT2D eigenvalue weighted by Crippen LogP contribution is 2.25. The van der Waals surface area contributed by atoms with Gasteiger partial charge in [0.15, 0.2) is 6.10 Å². The van der Waals surface area contributed by atoms with Crippen molar-refractivity contribution in [3.8, 4) is 5.75 Å². The minimum atomic E-state index is -0.851. The molecule has 3 rings (SSSR count). The summed E-state index contributed by atoms with van der Waals surface area (Å²) in [4.78, 5) is 24.4. The van der Waals surface area contributed by atoms with Crippen LogP contribution in [-0.4, -0.2) is 25.1 Å². The van der Waals surface area contributed by atoms with Crippen molar-refractivity contribution in [2.75, 3.05) is 12.4 Å². The number of anilines is 1. The van der Waals surface area contributed by atoms with Crippen LogP contribution in [0, 0.1) is 0 Å². The number of halogens is 1. The summed E-state index contributed by atoms with van der Waals surface area (Å²) in [5, 5.41) is 2.74. The molecule has 0 saturated carbocycles. The van der Waals surface area contributed by atoms with Gasteiger partial charge in [0.1, 0.15) is 5.75 Å². The Morgan fingerprint density at radius 1 is 1.30 bits per heavy atom. The normalized spacial score (nSPS) is 16.3. The fourth-order valence-electron chi connectivity index (χ4n) is 2.43. The van der Waals surface area contributed by atoms with Gasteiger partial charge in [0.05, 0.1) is 12.7 Å². The number of methoxy groups -OCH3 is 1. The highest BCUT2D eigenvalue weighted by atomic mass is 79.9. The molecule has 1 N–H and O–H groups in total. The van der Waals surface area contributed by atoms with E-state index in [9.17, 15) is 9.59 Å². The van der Waals surface area contributed by atoms with Crippen molar-refractivity contribution in [1.82, 2.24) is 0 Å². The Hall–Kier alpha value is -2.34. The van der Waals surface area contributed by atoms with Gasteiger partial charge < -0.3 is 14.8 Å².